The zero-order valence-electron chi connectivity index (χ0n) is 49.4. The maximum Gasteiger partial charge on any atom is 0.305 e. The molecule has 432 valence electrons. The molecule has 2 atom stereocenters. The van der Waals surface area contributed by atoms with Crippen LogP contribution in [0.2, 0.25) is 0 Å². The molecule has 0 aromatic carbocycles. The highest BCUT2D eigenvalue weighted by Gasteiger charge is 2.18. The Bertz CT molecular complexity index is 1140. The van der Waals surface area contributed by atoms with E-state index in [1.54, 1.807) is 6.08 Å². The van der Waals surface area contributed by atoms with Crippen molar-refractivity contribution in [3.63, 3.8) is 0 Å². The van der Waals surface area contributed by atoms with E-state index in [1.165, 1.54) is 295 Å². The van der Waals surface area contributed by atoms with Crippen molar-refractivity contribution in [3.8, 4) is 0 Å². The second-order valence-corrected chi connectivity index (χ2v) is 22.8. The van der Waals surface area contributed by atoms with E-state index in [0.29, 0.717) is 19.4 Å². The summed E-state index contributed by atoms with van der Waals surface area (Å²) < 4.78 is 5.49. The van der Waals surface area contributed by atoms with E-state index in [1.807, 2.05) is 6.08 Å². The first-order valence-electron chi connectivity index (χ1n) is 33.1. The molecule has 6 nitrogen and oxygen atoms in total. The van der Waals surface area contributed by atoms with E-state index < -0.39 is 12.1 Å². The number of carbonyl (C=O) groups excluding carboxylic acids is 2. The largest absolute Gasteiger partial charge is 0.466 e. The summed E-state index contributed by atoms with van der Waals surface area (Å²) in [5.74, 6) is -0.0563. The zero-order chi connectivity index (χ0) is 52.9. The van der Waals surface area contributed by atoms with Crippen molar-refractivity contribution in [2.45, 2.75) is 379 Å². The fourth-order valence-electron chi connectivity index (χ4n) is 10.4. The van der Waals surface area contributed by atoms with Crippen LogP contribution in [-0.4, -0.2) is 47.4 Å². The Balaban J connectivity index is 3.38. The van der Waals surface area contributed by atoms with Gasteiger partial charge in [0.15, 0.2) is 0 Å². The van der Waals surface area contributed by atoms with Gasteiger partial charge >= 0.3 is 5.97 Å². The third-order valence-electron chi connectivity index (χ3n) is 15.5. The first kappa shape index (κ1) is 71.3. The van der Waals surface area contributed by atoms with Crippen molar-refractivity contribution in [3.05, 3.63) is 24.3 Å². The molecule has 0 spiro atoms. The zero-order valence-corrected chi connectivity index (χ0v) is 49.4. The fraction of sp³-hybridized carbons (Fsp3) is 0.910. The van der Waals surface area contributed by atoms with Crippen LogP contribution in [0.3, 0.4) is 0 Å². The maximum atomic E-state index is 12.5. The van der Waals surface area contributed by atoms with Crippen LogP contribution in [0.5, 0.6) is 0 Å². The molecule has 0 fully saturated rings. The maximum absolute atomic E-state index is 12.5. The number of hydrogen-bond donors (Lipinski definition) is 3. The normalized spacial score (nSPS) is 12.7. The Kier molecular flexibility index (Phi) is 61.4. The van der Waals surface area contributed by atoms with Gasteiger partial charge < -0.3 is 20.3 Å². The average Bonchev–Trinajstić information content (AvgIpc) is 3.39. The van der Waals surface area contributed by atoms with Crippen LogP contribution in [0.15, 0.2) is 24.3 Å². The van der Waals surface area contributed by atoms with Gasteiger partial charge in [-0.1, -0.05) is 321 Å². The van der Waals surface area contributed by atoms with Crippen LogP contribution in [0.4, 0.5) is 0 Å². The second kappa shape index (κ2) is 62.9. The molecule has 1 amide bonds. The number of amides is 1. The lowest BCUT2D eigenvalue weighted by molar-refractivity contribution is -0.143. The first-order valence-corrected chi connectivity index (χ1v) is 33.1. The number of esters is 1. The first-order chi connectivity index (χ1) is 36.0. The summed E-state index contributed by atoms with van der Waals surface area (Å²) in [4.78, 5) is 24.6. The second-order valence-electron chi connectivity index (χ2n) is 22.8. The Morgan fingerprint density at radius 2 is 0.644 bits per heavy atom. The van der Waals surface area contributed by atoms with E-state index in [-0.39, 0.29) is 18.5 Å². The number of ether oxygens (including phenoxy) is 1. The minimum absolute atomic E-state index is 0.00812. The summed E-state index contributed by atoms with van der Waals surface area (Å²) >= 11 is 0. The molecule has 0 saturated heterocycles. The van der Waals surface area contributed by atoms with Gasteiger partial charge in [0.2, 0.25) is 5.91 Å². The molecule has 0 aromatic rings. The third-order valence-corrected chi connectivity index (χ3v) is 15.5. The number of hydrogen-bond acceptors (Lipinski definition) is 5. The lowest BCUT2D eigenvalue weighted by Crippen LogP contribution is -2.45. The molecule has 2 unspecified atom stereocenters. The molecule has 0 aliphatic heterocycles. The standard InChI is InChI=1S/C67H129NO5/c1-3-5-7-9-11-13-15-17-19-31-35-39-43-47-51-55-59-65(70)64(63-69)68-66(71)60-56-52-48-44-40-36-32-29-27-25-23-21-22-24-26-28-30-34-38-42-46-50-54-58-62-73-67(72)61-57-53-49-45-41-37-33-20-18-16-14-12-10-8-6-4-2/h20,33,55,59,64-65,69-70H,3-19,21-32,34-54,56-58,60-63H2,1-2H3,(H,68,71)/b33-20-,59-55+. The number of allylic oxidation sites excluding steroid dienone is 3. The van der Waals surface area contributed by atoms with Crippen molar-refractivity contribution in [2.75, 3.05) is 13.2 Å². The Hall–Kier alpha value is -1.66. The van der Waals surface area contributed by atoms with Crippen molar-refractivity contribution < 1.29 is 24.5 Å². The van der Waals surface area contributed by atoms with Gasteiger partial charge in [-0.25, -0.2) is 0 Å². The minimum Gasteiger partial charge on any atom is -0.466 e. The van der Waals surface area contributed by atoms with E-state index in [2.05, 4.69) is 31.3 Å². The predicted octanol–water partition coefficient (Wildman–Crippen LogP) is 21.0. The summed E-state index contributed by atoms with van der Waals surface area (Å²) in [6.45, 7) is 4.92. The molecule has 6 heteroatoms. The topological polar surface area (TPSA) is 95.9 Å². The molecule has 0 aromatic heterocycles. The van der Waals surface area contributed by atoms with Gasteiger partial charge in [-0.05, 0) is 57.8 Å². The van der Waals surface area contributed by atoms with Crippen molar-refractivity contribution >= 4 is 11.9 Å². The number of carbonyl (C=O) groups is 2. The summed E-state index contributed by atoms with van der Waals surface area (Å²) in [5, 5.41) is 23.2. The van der Waals surface area contributed by atoms with Crippen LogP contribution < -0.4 is 5.32 Å². The number of unbranched alkanes of at least 4 members (excludes halogenated alkanes) is 49. The lowest BCUT2D eigenvalue weighted by atomic mass is 10.0. The van der Waals surface area contributed by atoms with E-state index in [4.69, 9.17) is 4.74 Å². The molecule has 3 N–H and O–H groups in total. The highest BCUT2D eigenvalue weighted by atomic mass is 16.5. The molecular weight excluding hydrogens is 899 g/mol. The number of aliphatic hydroxyl groups excluding tert-OH is 2. The Morgan fingerprint density at radius 1 is 0.370 bits per heavy atom. The highest BCUT2D eigenvalue weighted by Crippen LogP contribution is 2.18. The number of rotatable bonds is 62. The van der Waals surface area contributed by atoms with E-state index in [9.17, 15) is 19.8 Å². The molecule has 73 heavy (non-hydrogen) atoms. The van der Waals surface area contributed by atoms with Gasteiger partial charge in [-0.15, -0.1) is 0 Å². The molecule has 0 rings (SSSR count). The Labute approximate surface area is 456 Å². The van der Waals surface area contributed by atoms with Crippen molar-refractivity contribution in [1.29, 1.82) is 0 Å². The van der Waals surface area contributed by atoms with Crippen LogP contribution in [0.1, 0.15) is 367 Å². The van der Waals surface area contributed by atoms with E-state index >= 15 is 0 Å². The van der Waals surface area contributed by atoms with Crippen LogP contribution in [0.25, 0.3) is 0 Å². The van der Waals surface area contributed by atoms with Crippen molar-refractivity contribution in [1.82, 2.24) is 5.32 Å². The number of nitrogens with one attached hydrogen (secondary N) is 1. The lowest BCUT2D eigenvalue weighted by Gasteiger charge is -2.20. The smallest absolute Gasteiger partial charge is 0.305 e. The molecule has 0 saturated carbocycles. The monoisotopic (exact) mass is 1030 g/mol. The van der Waals surface area contributed by atoms with Gasteiger partial charge in [0.25, 0.3) is 0 Å². The molecule has 0 aliphatic carbocycles. The average molecular weight is 1030 g/mol. The summed E-state index contributed by atoms with van der Waals surface area (Å²) in [6, 6.07) is -0.627. The van der Waals surface area contributed by atoms with Crippen molar-refractivity contribution in [2.24, 2.45) is 0 Å². The van der Waals surface area contributed by atoms with Gasteiger partial charge in [0, 0.05) is 12.8 Å². The quantitative estimate of drug-likeness (QED) is 0.0320. The van der Waals surface area contributed by atoms with Crippen LogP contribution in [-0.2, 0) is 14.3 Å². The summed E-state index contributed by atoms with van der Waals surface area (Å²) in [7, 11) is 0. The van der Waals surface area contributed by atoms with Crippen LogP contribution in [0, 0.1) is 0 Å². The SMILES string of the molecule is CCCCCCCCC/C=C\CCCCCCCC(=O)OCCCCCCCCCCCCCCCCCCCCCCCCCCC(=O)NC(CO)C(O)/C=C/CCCCCCCCCCCCCCCC. The van der Waals surface area contributed by atoms with Gasteiger partial charge in [0.1, 0.15) is 0 Å². The molecular formula is C67H129NO5. The summed E-state index contributed by atoms with van der Waals surface area (Å²) in [5.41, 5.74) is 0. The highest BCUT2D eigenvalue weighted by molar-refractivity contribution is 5.76. The number of aliphatic hydroxyl groups is 2. The molecule has 0 radical (unpaired) electrons. The molecule has 0 heterocycles. The molecule has 0 bridgehead atoms. The Morgan fingerprint density at radius 3 is 0.973 bits per heavy atom. The van der Waals surface area contributed by atoms with Gasteiger partial charge in [0.05, 0.1) is 25.4 Å². The third kappa shape index (κ3) is 59.4. The minimum atomic E-state index is -0.843. The van der Waals surface area contributed by atoms with Crippen LogP contribution >= 0.6 is 0 Å². The predicted molar refractivity (Wildman–Crippen MR) is 320 cm³/mol. The van der Waals surface area contributed by atoms with Gasteiger partial charge in [-0.2, -0.15) is 0 Å². The molecule has 0 aliphatic rings. The fourth-order valence-corrected chi connectivity index (χ4v) is 10.4. The summed E-state index contributed by atoms with van der Waals surface area (Å²) in [6.07, 6.45) is 78.0. The van der Waals surface area contributed by atoms with Gasteiger partial charge in [-0.3, -0.25) is 9.59 Å². The van der Waals surface area contributed by atoms with E-state index in [0.717, 1.165) is 44.9 Å².